The highest BCUT2D eigenvalue weighted by molar-refractivity contribution is 7.64. The summed E-state index contributed by atoms with van der Waals surface area (Å²) in [6.07, 6.45) is 3.47. The second kappa shape index (κ2) is 8.11. The third-order valence-corrected chi connectivity index (χ3v) is 6.08. The van der Waals surface area contributed by atoms with Gasteiger partial charge < -0.3 is 5.73 Å². The maximum atomic E-state index is 6.32. The maximum absolute atomic E-state index is 6.32. The van der Waals surface area contributed by atoms with E-state index in [1.807, 2.05) is 24.3 Å². The molecular weight excluding hydrogens is 379 g/mol. The predicted octanol–water partition coefficient (Wildman–Crippen LogP) is 3.52. The van der Waals surface area contributed by atoms with Crippen LogP contribution in [-0.4, -0.2) is 28.3 Å². The minimum atomic E-state index is -0.129. The summed E-state index contributed by atoms with van der Waals surface area (Å²) in [7, 11) is -0.129. The Balaban J connectivity index is 1.60. The van der Waals surface area contributed by atoms with Gasteiger partial charge in [-0.3, -0.25) is 9.99 Å². The number of rotatable bonds is 5. The number of pyridine rings is 1. The van der Waals surface area contributed by atoms with Gasteiger partial charge in [-0.25, -0.2) is 15.8 Å². The van der Waals surface area contributed by atoms with Crippen molar-refractivity contribution in [2.45, 2.75) is 6.54 Å². The number of benzene rings is 2. The lowest BCUT2D eigenvalue weighted by Crippen LogP contribution is -2.32. The fourth-order valence-electron chi connectivity index (χ4n) is 3.16. The minimum absolute atomic E-state index is 0.129. The standard InChI is InChI=1S/C22H23N6P/c1-29(2)18-8-6-16(7-9-18)20-13-26-21(23)22(27-20)28(24)14-15-5-10-19-17(12-15)4-3-11-25-19/h3-13H,14,24H2,1-2H3,(H2,23,26). The fourth-order valence-corrected chi connectivity index (χ4v) is 3.91. The molecule has 0 atom stereocenters. The molecule has 2 aromatic heterocycles. The SMILES string of the molecule is CP(C)c1ccc(-c2cnc(N)c(N(N)Cc3ccc4ncccc4c3)n2)cc1. The lowest BCUT2D eigenvalue weighted by molar-refractivity contribution is 0.831. The van der Waals surface area contributed by atoms with Crippen LogP contribution in [0.25, 0.3) is 22.2 Å². The molecule has 4 rings (SSSR count). The molecule has 0 spiro atoms. The number of nitrogens with zero attached hydrogens (tertiary/aromatic N) is 4. The van der Waals surface area contributed by atoms with E-state index in [9.17, 15) is 0 Å². The van der Waals surface area contributed by atoms with Crippen molar-refractivity contribution in [1.29, 1.82) is 0 Å². The van der Waals surface area contributed by atoms with Gasteiger partial charge in [-0.1, -0.05) is 44.3 Å². The Kier molecular flexibility index (Phi) is 5.38. The number of hydrogen-bond donors (Lipinski definition) is 2. The molecule has 0 aliphatic heterocycles. The summed E-state index contributed by atoms with van der Waals surface area (Å²) in [5, 5.41) is 3.95. The van der Waals surface area contributed by atoms with Crippen molar-refractivity contribution in [3.8, 4) is 11.3 Å². The van der Waals surface area contributed by atoms with Gasteiger partial charge in [0, 0.05) is 17.1 Å². The normalized spacial score (nSPS) is 11.2. The number of hydrogen-bond acceptors (Lipinski definition) is 6. The summed E-state index contributed by atoms with van der Waals surface area (Å²) < 4.78 is 0. The maximum Gasteiger partial charge on any atom is 0.186 e. The Morgan fingerprint density at radius 2 is 1.79 bits per heavy atom. The number of hydrazine groups is 1. The monoisotopic (exact) mass is 402 g/mol. The van der Waals surface area contributed by atoms with Crippen LogP contribution in [0.4, 0.5) is 11.6 Å². The van der Waals surface area contributed by atoms with Crippen molar-refractivity contribution in [2.75, 3.05) is 24.1 Å². The predicted molar refractivity (Wildman–Crippen MR) is 122 cm³/mol. The zero-order valence-corrected chi connectivity index (χ0v) is 17.3. The first kappa shape index (κ1) is 19.2. The van der Waals surface area contributed by atoms with E-state index in [-0.39, 0.29) is 7.92 Å². The van der Waals surface area contributed by atoms with Crippen LogP contribution in [-0.2, 0) is 6.54 Å². The first-order valence-electron chi connectivity index (χ1n) is 9.27. The summed E-state index contributed by atoms with van der Waals surface area (Å²) >= 11 is 0. The minimum Gasteiger partial charge on any atom is -0.381 e. The molecule has 0 amide bonds. The molecule has 0 radical (unpaired) electrons. The number of nitrogen functional groups attached to an aromatic ring is 1. The Hall–Kier alpha value is -3.08. The summed E-state index contributed by atoms with van der Waals surface area (Å²) in [5.41, 5.74) is 9.81. The smallest absolute Gasteiger partial charge is 0.186 e. The second-order valence-electron chi connectivity index (χ2n) is 7.06. The van der Waals surface area contributed by atoms with Crippen LogP contribution in [0.5, 0.6) is 0 Å². The second-order valence-corrected chi connectivity index (χ2v) is 9.37. The molecule has 2 heterocycles. The zero-order chi connectivity index (χ0) is 20.4. The average Bonchev–Trinajstić information content (AvgIpc) is 2.74. The van der Waals surface area contributed by atoms with Gasteiger partial charge in [0.15, 0.2) is 11.6 Å². The van der Waals surface area contributed by atoms with E-state index < -0.39 is 0 Å². The van der Waals surface area contributed by atoms with E-state index in [1.54, 1.807) is 12.4 Å². The molecule has 4 N–H and O–H groups in total. The van der Waals surface area contributed by atoms with Crippen LogP contribution in [0.3, 0.4) is 0 Å². The largest absolute Gasteiger partial charge is 0.381 e. The molecule has 4 aromatic rings. The Labute approximate surface area is 171 Å². The van der Waals surface area contributed by atoms with Crippen LogP contribution in [0.2, 0.25) is 0 Å². The number of fused-ring (bicyclic) bond motifs is 1. The van der Waals surface area contributed by atoms with Gasteiger partial charge in [-0.2, -0.15) is 0 Å². The van der Waals surface area contributed by atoms with E-state index >= 15 is 0 Å². The molecular formula is C22H23N6P. The number of aromatic nitrogens is 3. The first-order valence-corrected chi connectivity index (χ1v) is 11.5. The van der Waals surface area contributed by atoms with Gasteiger partial charge in [0.05, 0.1) is 24.0 Å². The molecule has 6 nitrogen and oxygen atoms in total. The summed E-state index contributed by atoms with van der Waals surface area (Å²) in [5.74, 6) is 7.09. The van der Waals surface area contributed by atoms with E-state index in [4.69, 9.17) is 11.6 Å². The molecule has 29 heavy (non-hydrogen) atoms. The van der Waals surface area contributed by atoms with Crippen molar-refractivity contribution >= 4 is 35.8 Å². The number of nitrogens with two attached hydrogens (primary N) is 2. The van der Waals surface area contributed by atoms with Crippen molar-refractivity contribution < 1.29 is 0 Å². The lowest BCUT2D eigenvalue weighted by atomic mass is 10.1. The molecule has 0 saturated heterocycles. The number of anilines is 2. The quantitative estimate of drug-likeness (QED) is 0.301. The highest BCUT2D eigenvalue weighted by Crippen LogP contribution is 2.27. The molecule has 0 saturated carbocycles. The summed E-state index contributed by atoms with van der Waals surface area (Å²) in [4.78, 5) is 13.3. The van der Waals surface area contributed by atoms with Crippen LogP contribution in [0.1, 0.15) is 5.56 Å². The molecule has 7 heteroatoms. The topological polar surface area (TPSA) is 94.0 Å². The summed E-state index contributed by atoms with van der Waals surface area (Å²) in [6, 6.07) is 18.4. The molecule has 0 aliphatic rings. The van der Waals surface area contributed by atoms with Gasteiger partial charge in [-0.15, -0.1) is 0 Å². The molecule has 0 bridgehead atoms. The third-order valence-electron chi connectivity index (χ3n) is 4.75. The van der Waals surface area contributed by atoms with Crippen LogP contribution >= 0.6 is 7.92 Å². The van der Waals surface area contributed by atoms with Gasteiger partial charge in [0.1, 0.15) is 0 Å². The molecule has 0 fully saturated rings. The van der Waals surface area contributed by atoms with Crippen molar-refractivity contribution in [1.82, 2.24) is 15.0 Å². The van der Waals surface area contributed by atoms with E-state index in [0.29, 0.717) is 18.2 Å². The van der Waals surface area contributed by atoms with Gasteiger partial charge in [0.25, 0.3) is 0 Å². The Morgan fingerprint density at radius 1 is 1.00 bits per heavy atom. The van der Waals surface area contributed by atoms with Gasteiger partial charge in [-0.05, 0) is 42.4 Å². The van der Waals surface area contributed by atoms with Gasteiger partial charge in [0.2, 0.25) is 0 Å². The van der Waals surface area contributed by atoms with E-state index in [0.717, 1.165) is 27.7 Å². The average molecular weight is 402 g/mol. The van der Waals surface area contributed by atoms with Gasteiger partial charge >= 0.3 is 0 Å². The molecule has 0 aliphatic carbocycles. The fraction of sp³-hybridized carbons (Fsp3) is 0.136. The van der Waals surface area contributed by atoms with Crippen LogP contribution in [0, 0.1) is 0 Å². The van der Waals surface area contributed by atoms with E-state index in [2.05, 4.69) is 58.6 Å². The highest BCUT2D eigenvalue weighted by atomic mass is 31.1. The highest BCUT2D eigenvalue weighted by Gasteiger charge is 2.13. The Morgan fingerprint density at radius 3 is 2.55 bits per heavy atom. The molecule has 146 valence electrons. The first-order chi connectivity index (χ1) is 14.0. The lowest BCUT2D eigenvalue weighted by Gasteiger charge is -2.20. The van der Waals surface area contributed by atoms with Crippen LogP contribution < -0.4 is 21.9 Å². The zero-order valence-electron chi connectivity index (χ0n) is 16.4. The molecule has 0 unspecified atom stereocenters. The van der Waals surface area contributed by atoms with Crippen molar-refractivity contribution in [3.05, 3.63) is 72.6 Å². The van der Waals surface area contributed by atoms with Crippen LogP contribution in [0.15, 0.2) is 67.0 Å². The third kappa shape index (κ3) is 4.19. The molecule has 2 aromatic carbocycles. The summed E-state index contributed by atoms with van der Waals surface area (Å²) in [6.45, 7) is 4.93. The van der Waals surface area contributed by atoms with Crippen molar-refractivity contribution in [3.63, 3.8) is 0 Å². The van der Waals surface area contributed by atoms with Crippen molar-refractivity contribution in [2.24, 2.45) is 5.84 Å². The Bertz CT molecular complexity index is 1140. The van der Waals surface area contributed by atoms with E-state index in [1.165, 1.54) is 10.3 Å².